The first-order chi connectivity index (χ1) is 11.7. The first-order valence-corrected chi connectivity index (χ1v) is 8.85. The van der Waals surface area contributed by atoms with Gasteiger partial charge in [0.05, 0.1) is 5.52 Å². The van der Waals surface area contributed by atoms with Gasteiger partial charge in [0.2, 0.25) is 0 Å². The molecule has 0 atom stereocenters. The fraction of sp³-hybridized carbons (Fsp3) is 0.150. The van der Waals surface area contributed by atoms with E-state index < -0.39 is 0 Å². The Morgan fingerprint density at radius 1 is 1.12 bits per heavy atom. The monoisotopic (exact) mass is 380 g/mol. The van der Waals surface area contributed by atoms with Crippen LogP contribution in [-0.2, 0) is 12.8 Å². The molecule has 3 nitrogen and oxygen atoms in total. The number of aryl methyl sites for hydroxylation is 1. The Morgan fingerprint density at radius 2 is 1.92 bits per heavy atom. The van der Waals surface area contributed by atoms with Crippen molar-refractivity contribution >= 4 is 32.3 Å². The largest absolute Gasteiger partial charge is 0.323 e. The maximum atomic E-state index is 12.7. The Hall–Kier alpha value is -2.33. The van der Waals surface area contributed by atoms with Crippen molar-refractivity contribution in [3.8, 4) is 0 Å². The van der Waals surface area contributed by atoms with Crippen LogP contribution in [0.1, 0.15) is 23.7 Å². The lowest BCUT2D eigenvalue weighted by atomic mass is 10.1. The molecule has 0 bridgehead atoms. The standard InChI is InChI=1S/C20H17BrN2O/c1-2-16-17-11-14(21)8-9-18(17)23-12-15(22-20(24)19(16)23)10-13-6-4-3-5-7-13/h3-9,11-12H,2,10H2,1H3,(H,22,24). The Kier molecular flexibility index (Phi) is 3.77. The van der Waals surface area contributed by atoms with Gasteiger partial charge in [-0.05, 0) is 35.7 Å². The highest BCUT2D eigenvalue weighted by Gasteiger charge is 2.14. The van der Waals surface area contributed by atoms with E-state index in [4.69, 9.17) is 0 Å². The fourth-order valence-corrected chi connectivity index (χ4v) is 3.75. The topological polar surface area (TPSA) is 37.3 Å². The molecule has 0 amide bonds. The van der Waals surface area contributed by atoms with E-state index in [1.165, 1.54) is 5.56 Å². The number of fused-ring (bicyclic) bond motifs is 3. The van der Waals surface area contributed by atoms with Crippen LogP contribution in [0.2, 0.25) is 0 Å². The summed E-state index contributed by atoms with van der Waals surface area (Å²) in [4.78, 5) is 15.8. The predicted molar refractivity (Wildman–Crippen MR) is 102 cm³/mol. The van der Waals surface area contributed by atoms with Gasteiger partial charge in [-0.3, -0.25) is 4.79 Å². The van der Waals surface area contributed by atoms with Gasteiger partial charge < -0.3 is 9.38 Å². The third-order valence-corrected chi connectivity index (χ3v) is 4.93. The molecule has 1 N–H and O–H groups in total. The van der Waals surface area contributed by atoms with Gasteiger partial charge in [-0.1, -0.05) is 53.2 Å². The van der Waals surface area contributed by atoms with Gasteiger partial charge in [0, 0.05) is 28.2 Å². The third kappa shape index (κ3) is 2.47. The summed E-state index contributed by atoms with van der Waals surface area (Å²) >= 11 is 3.54. The number of hydrogen-bond acceptors (Lipinski definition) is 1. The van der Waals surface area contributed by atoms with Crippen LogP contribution in [0.15, 0.2) is 64.0 Å². The van der Waals surface area contributed by atoms with Crippen molar-refractivity contribution in [1.29, 1.82) is 0 Å². The van der Waals surface area contributed by atoms with E-state index in [2.05, 4.69) is 58.3 Å². The van der Waals surface area contributed by atoms with Gasteiger partial charge in [0.15, 0.2) is 0 Å². The summed E-state index contributed by atoms with van der Waals surface area (Å²) in [6, 6.07) is 16.4. The quantitative estimate of drug-likeness (QED) is 0.549. The number of H-pyrrole nitrogens is 1. The minimum atomic E-state index is -0.0207. The minimum Gasteiger partial charge on any atom is -0.323 e. The van der Waals surface area contributed by atoms with Gasteiger partial charge in [-0.25, -0.2) is 0 Å². The third-order valence-electron chi connectivity index (χ3n) is 4.44. The minimum absolute atomic E-state index is 0.0207. The molecule has 2 heterocycles. The van der Waals surface area contributed by atoms with E-state index in [1.807, 2.05) is 28.7 Å². The molecule has 0 aliphatic heterocycles. The van der Waals surface area contributed by atoms with Crippen molar-refractivity contribution < 1.29 is 0 Å². The molecule has 4 rings (SSSR count). The molecular weight excluding hydrogens is 364 g/mol. The Labute approximate surface area is 148 Å². The summed E-state index contributed by atoms with van der Waals surface area (Å²) in [5.74, 6) is 0. The van der Waals surface area contributed by atoms with Crippen molar-refractivity contribution in [3.63, 3.8) is 0 Å². The number of aromatic nitrogens is 2. The van der Waals surface area contributed by atoms with Crippen molar-refractivity contribution in [2.75, 3.05) is 0 Å². The highest BCUT2D eigenvalue weighted by atomic mass is 79.9. The van der Waals surface area contributed by atoms with Crippen molar-refractivity contribution in [3.05, 3.63) is 86.4 Å². The molecule has 4 aromatic rings. The van der Waals surface area contributed by atoms with Gasteiger partial charge in [0.1, 0.15) is 5.52 Å². The van der Waals surface area contributed by atoms with Crippen LogP contribution in [0.4, 0.5) is 0 Å². The lowest BCUT2D eigenvalue weighted by Crippen LogP contribution is -2.13. The highest BCUT2D eigenvalue weighted by Crippen LogP contribution is 2.28. The first kappa shape index (κ1) is 15.2. The van der Waals surface area contributed by atoms with Crippen molar-refractivity contribution in [2.24, 2.45) is 0 Å². The van der Waals surface area contributed by atoms with E-state index in [0.29, 0.717) is 6.42 Å². The summed E-state index contributed by atoms with van der Waals surface area (Å²) in [6.07, 6.45) is 3.59. The zero-order chi connectivity index (χ0) is 16.7. The lowest BCUT2D eigenvalue weighted by Gasteiger charge is -2.05. The zero-order valence-electron chi connectivity index (χ0n) is 13.3. The van der Waals surface area contributed by atoms with Crippen LogP contribution in [0, 0.1) is 0 Å². The first-order valence-electron chi connectivity index (χ1n) is 8.05. The van der Waals surface area contributed by atoms with E-state index >= 15 is 0 Å². The van der Waals surface area contributed by atoms with E-state index in [1.54, 1.807) is 0 Å². The van der Waals surface area contributed by atoms with Crippen LogP contribution in [-0.4, -0.2) is 9.38 Å². The molecule has 2 aromatic heterocycles. The van der Waals surface area contributed by atoms with Gasteiger partial charge >= 0.3 is 0 Å². The predicted octanol–water partition coefficient (Wildman–Crippen LogP) is 4.70. The number of halogens is 1. The molecule has 4 heteroatoms. The molecule has 0 unspecified atom stereocenters. The van der Waals surface area contributed by atoms with E-state index in [0.717, 1.165) is 38.6 Å². The summed E-state index contributed by atoms with van der Waals surface area (Å²) in [6.45, 7) is 2.09. The molecule has 2 aromatic carbocycles. The second-order valence-electron chi connectivity index (χ2n) is 5.98. The number of nitrogens with zero attached hydrogens (tertiary/aromatic N) is 1. The van der Waals surface area contributed by atoms with Crippen LogP contribution >= 0.6 is 15.9 Å². The van der Waals surface area contributed by atoms with E-state index in [9.17, 15) is 4.79 Å². The number of hydrogen-bond donors (Lipinski definition) is 1. The average Bonchev–Trinajstić information content (AvgIpc) is 2.89. The van der Waals surface area contributed by atoms with Gasteiger partial charge in [-0.2, -0.15) is 0 Å². The molecular formula is C20H17BrN2O. The maximum Gasteiger partial charge on any atom is 0.272 e. The normalized spacial score (nSPS) is 11.4. The fourth-order valence-electron chi connectivity index (χ4n) is 3.39. The molecule has 0 radical (unpaired) electrons. The molecule has 0 saturated carbocycles. The van der Waals surface area contributed by atoms with Gasteiger partial charge in [0.25, 0.3) is 5.56 Å². The SMILES string of the molecule is CCc1c2cc(Br)ccc2n2cc(Cc3ccccc3)[nH]c(=O)c12. The van der Waals surface area contributed by atoms with E-state index in [-0.39, 0.29) is 5.56 Å². The summed E-state index contributed by atoms with van der Waals surface area (Å²) < 4.78 is 3.07. The molecule has 0 saturated heterocycles. The Bertz CT molecular complexity index is 1090. The maximum absolute atomic E-state index is 12.7. The molecule has 120 valence electrons. The molecule has 0 spiro atoms. The van der Waals surface area contributed by atoms with Crippen molar-refractivity contribution in [1.82, 2.24) is 9.38 Å². The number of nitrogens with one attached hydrogen (secondary N) is 1. The number of aromatic amines is 1. The Balaban J connectivity index is 1.98. The van der Waals surface area contributed by atoms with Crippen LogP contribution in [0.3, 0.4) is 0 Å². The number of benzene rings is 2. The Morgan fingerprint density at radius 3 is 2.67 bits per heavy atom. The summed E-state index contributed by atoms with van der Waals surface area (Å²) in [7, 11) is 0. The zero-order valence-corrected chi connectivity index (χ0v) is 14.9. The smallest absolute Gasteiger partial charge is 0.272 e. The van der Waals surface area contributed by atoms with Gasteiger partial charge in [-0.15, -0.1) is 0 Å². The van der Waals surface area contributed by atoms with Crippen LogP contribution in [0.25, 0.3) is 16.4 Å². The molecule has 0 fully saturated rings. The average molecular weight is 381 g/mol. The molecule has 0 aliphatic carbocycles. The molecule has 0 aliphatic rings. The molecule has 24 heavy (non-hydrogen) atoms. The summed E-state index contributed by atoms with van der Waals surface area (Å²) in [5, 5.41) is 1.13. The number of rotatable bonds is 3. The van der Waals surface area contributed by atoms with Crippen LogP contribution < -0.4 is 5.56 Å². The van der Waals surface area contributed by atoms with Crippen LogP contribution in [0.5, 0.6) is 0 Å². The highest BCUT2D eigenvalue weighted by molar-refractivity contribution is 9.10. The lowest BCUT2D eigenvalue weighted by molar-refractivity contribution is 0.992. The second-order valence-corrected chi connectivity index (χ2v) is 6.90. The summed E-state index contributed by atoms with van der Waals surface area (Å²) in [5.41, 5.74) is 5.00. The van der Waals surface area contributed by atoms with Crippen molar-refractivity contribution in [2.45, 2.75) is 19.8 Å². The second kappa shape index (κ2) is 5.95.